The highest BCUT2D eigenvalue weighted by molar-refractivity contribution is 6.31. The molecule has 0 spiro atoms. The zero-order valence-corrected chi connectivity index (χ0v) is 15.7. The van der Waals surface area contributed by atoms with Gasteiger partial charge in [0.2, 0.25) is 5.91 Å². The van der Waals surface area contributed by atoms with Crippen LogP contribution in [0.5, 0.6) is 0 Å². The average molecular weight is 396 g/mol. The number of benzene rings is 3. The summed E-state index contributed by atoms with van der Waals surface area (Å²) in [4.78, 5) is 25.1. The number of hydrogen-bond donors (Lipinski definition) is 1. The lowest BCUT2D eigenvalue weighted by atomic mass is 10.0. The fourth-order valence-electron chi connectivity index (χ4n) is 2.51. The molecule has 1 amide bonds. The van der Waals surface area contributed by atoms with Crippen molar-refractivity contribution in [3.05, 3.63) is 106 Å². The van der Waals surface area contributed by atoms with E-state index in [-0.39, 0.29) is 11.7 Å². The number of amides is 1. The van der Waals surface area contributed by atoms with E-state index in [9.17, 15) is 9.59 Å². The molecule has 0 radical (unpaired) electrons. The van der Waals surface area contributed by atoms with Gasteiger partial charge in [0.05, 0.1) is 5.69 Å². The maximum Gasteiger partial charge on any atom is 0.248 e. The van der Waals surface area contributed by atoms with Crippen LogP contribution in [-0.2, 0) is 4.79 Å². The van der Waals surface area contributed by atoms with E-state index in [0.717, 1.165) is 5.56 Å². The van der Waals surface area contributed by atoms with Crippen molar-refractivity contribution in [2.24, 2.45) is 0 Å². The Morgan fingerprint density at radius 1 is 0.815 bits per heavy atom. The normalized spacial score (nSPS) is 10.7. The smallest absolute Gasteiger partial charge is 0.248 e. The monoisotopic (exact) mass is 395 g/mol. The molecule has 0 atom stereocenters. The summed E-state index contributed by atoms with van der Waals surface area (Å²) >= 11 is 12.0. The summed E-state index contributed by atoms with van der Waals surface area (Å²) in [5, 5.41) is 3.74. The van der Waals surface area contributed by atoms with E-state index in [1.165, 1.54) is 6.08 Å². The van der Waals surface area contributed by atoms with Gasteiger partial charge >= 0.3 is 0 Å². The average Bonchev–Trinajstić information content (AvgIpc) is 2.68. The SMILES string of the molecule is O=C(/C=C/c1cccc(Cl)c1)Nc1ccc(Cl)cc1C(=O)c1ccccc1. The third kappa shape index (κ3) is 5.07. The van der Waals surface area contributed by atoms with Gasteiger partial charge in [-0.3, -0.25) is 9.59 Å². The Balaban J connectivity index is 1.82. The largest absolute Gasteiger partial charge is 0.322 e. The molecule has 0 fully saturated rings. The molecule has 0 saturated carbocycles. The minimum Gasteiger partial charge on any atom is -0.322 e. The third-order valence-corrected chi connectivity index (χ3v) is 4.27. The van der Waals surface area contributed by atoms with Crippen LogP contribution in [0.4, 0.5) is 5.69 Å². The zero-order valence-electron chi connectivity index (χ0n) is 14.2. The standard InChI is InChI=1S/C22H15Cl2NO2/c23-17-8-4-5-15(13-17)9-12-21(26)25-20-11-10-18(24)14-19(20)22(27)16-6-2-1-3-7-16/h1-14H,(H,25,26)/b12-9+. The van der Waals surface area contributed by atoms with Crippen molar-refractivity contribution in [3.8, 4) is 0 Å². The van der Waals surface area contributed by atoms with E-state index in [2.05, 4.69) is 5.32 Å². The molecule has 27 heavy (non-hydrogen) atoms. The van der Waals surface area contributed by atoms with E-state index < -0.39 is 0 Å². The number of carbonyl (C=O) groups is 2. The van der Waals surface area contributed by atoms with Crippen LogP contribution in [0.3, 0.4) is 0 Å². The number of halogens is 2. The van der Waals surface area contributed by atoms with Crippen LogP contribution in [0.1, 0.15) is 21.5 Å². The van der Waals surface area contributed by atoms with E-state index in [1.54, 1.807) is 66.7 Å². The number of carbonyl (C=O) groups excluding carboxylic acids is 2. The molecule has 3 aromatic carbocycles. The topological polar surface area (TPSA) is 46.2 Å². The number of ketones is 1. The molecule has 3 nitrogen and oxygen atoms in total. The lowest BCUT2D eigenvalue weighted by Gasteiger charge is -2.10. The van der Waals surface area contributed by atoms with Gasteiger partial charge < -0.3 is 5.32 Å². The van der Waals surface area contributed by atoms with Crippen LogP contribution in [0.15, 0.2) is 78.9 Å². The number of hydrogen-bond acceptors (Lipinski definition) is 2. The molecule has 1 N–H and O–H groups in total. The van der Waals surface area contributed by atoms with Crippen molar-refractivity contribution in [3.63, 3.8) is 0 Å². The first kappa shape index (κ1) is 18.9. The van der Waals surface area contributed by atoms with Gasteiger partial charge in [0.25, 0.3) is 0 Å². The summed E-state index contributed by atoms with van der Waals surface area (Å²) in [6.45, 7) is 0. The molecule has 3 aromatic rings. The van der Waals surface area contributed by atoms with Gasteiger partial charge in [-0.15, -0.1) is 0 Å². The Kier molecular flexibility index (Phi) is 6.07. The molecule has 3 rings (SSSR count). The molecule has 5 heteroatoms. The summed E-state index contributed by atoms with van der Waals surface area (Å²) in [6, 6.07) is 20.8. The third-order valence-electron chi connectivity index (χ3n) is 3.80. The Morgan fingerprint density at radius 3 is 2.30 bits per heavy atom. The van der Waals surface area contributed by atoms with Gasteiger partial charge in [0.15, 0.2) is 5.78 Å². The molecule has 0 heterocycles. The van der Waals surface area contributed by atoms with Crippen LogP contribution in [0, 0.1) is 0 Å². The van der Waals surface area contributed by atoms with Crippen molar-refractivity contribution in [2.75, 3.05) is 5.32 Å². The second-order valence-electron chi connectivity index (χ2n) is 5.76. The van der Waals surface area contributed by atoms with E-state index in [1.807, 2.05) is 12.1 Å². The zero-order chi connectivity index (χ0) is 19.2. The highest BCUT2D eigenvalue weighted by atomic mass is 35.5. The molecule has 0 aliphatic heterocycles. The summed E-state index contributed by atoms with van der Waals surface area (Å²) < 4.78 is 0. The lowest BCUT2D eigenvalue weighted by Crippen LogP contribution is -2.12. The minimum absolute atomic E-state index is 0.216. The summed E-state index contributed by atoms with van der Waals surface area (Å²) in [5.74, 6) is -0.577. The minimum atomic E-state index is -0.362. The molecule has 0 aliphatic rings. The second kappa shape index (κ2) is 8.67. The van der Waals surface area contributed by atoms with E-state index >= 15 is 0 Å². The molecule has 0 saturated heterocycles. The first-order chi connectivity index (χ1) is 13.0. The van der Waals surface area contributed by atoms with Crippen LogP contribution < -0.4 is 5.32 Å². The highest BCUT2D eigenvalue weighted by Crippen LogP contribution is 2.24. The molecule has 0 aliphatic carbocycles. The summed E-state index contributed by atoms with van der Waals surface area (Å²) in [5.41, 5.74) is 2.05. The first-order valence-electron chi connectivity index (χ1n) is 8.17. The van der Waals surface area contributed by atoms with Crippen molar-refractivity contribution in [1.29, 1.82) is 0 Å². The summed E-state index contributed by atoms with van der Waals surface area (Å²) in [7, 11) is 0. The first-order valence-corrected chi connectivity index (χ1v) is 8.92. The van der Waals surface area contributed by atoms with Gasteiger partial charge in [-0.05, 0) is 42.0 Å². The van der Waals surface area contributed by atoms with Gasteiger partial charge in [-0.1, -0.05) is 65.7 Å². The molecule has 134 valence electrons. The molecule has 0 bridgehead atoms. The predicted octanol–water partition coefficient (Wildman–Crippen LogP) is 5.88. The quantitative estimate of drug-likeness (QED) is 0.433. The van der Waals surface area contributed by atoms with E-state index in [4.69, 9.17) is 23.2 Å². The summed E-state index contributed by atoms with van der Waals surface area (Å²) in [6.07, 6.45) is 3.03. The van der Waals surface area contributed by atoms with E-state index in [0.29, 0.717) is 26.9 Å². The Morgan fingerprint density at radius 2 is 1.56 bits per heavy atom. The molecular formula is C22H15Cl2NO2. The number of rotatable bonds is 5. The maximum atomic E-state index is 12.8. The molecule has 0 aromatic heterocycles. The molecule has 0 unspecified atom stereocenters. The Bertz CT molecular complexity index is 1010. The second-order valence-corrected chi connectivity index (χ2v) is 6.64. The maximum absolute atomic E-state index is 12.8. The Hall–Kier alpha value is -2.88. The fourth-order valence-corrected chi connectivity index (χ4v) is 2.89. The van der Waals surface area contributed by atoms with Gasteiger partial charge in [0, 0.05) is 27.2 Å². The van der Waals surface area contributed by atoms with Crippen LogP contribution in [0.25, 0.3) is 6.08 Å². The number of anilines is 1. The molecular weight excluding hydrogens is 381 g/mol. The Labute approximate surface area is 167 Å². The van der Waals surface area contributed by atoms with Gasteiger partial charge in [0.1, 0.15) is 0 Å². The fraction of sp³-hybridized carbons (Fsp3) is 0. The van der Waals surface area contributed by atoms with Gasteiger partial charge in [-0.2, -0.15) is 0 Å². The highest BCUT2D eigenvalue weighted by Gasteiger charge is 2.15. The van der Waals surface area contributed by atoms with Crippen molar-refractivity contribution in [2.45, 2.75) is 0 Å². The van der Waals surface area contributed by atoms with Crippen molar-refractivity contribution in [1.82, 2.24) is 0 Å². The van der Waals surface area contributed by atoms with Crippen LogP contribution >= 0.6 is 23.2 Å². The van der Waals surface area contributed by atoms with Crippen molar-refractivity contribution >= 4 is 46.7 Å². The van der Waals surface area contributed by atoms with Gasteiger partial charge in [-0.25, -0.2) is 0 Å². The van der Waals surface area contributed by atoms with Crippen LogP contribution in [-0.4, -0.2) is 11.7 Å². The van der Waals surface area contributed by atoms with Crippen LogP contribution in [0.2, 0.25) is 10.0 Å². The predicted molar refractivity (Wildman–Crippen MR) is 110 cm³/mol. The number of nitrogens with one attached hydrogen (secondary N) is 1. The van der Waals surface area contributed by atoms with Crippen molar-refractivity contribution < 1.29 is 9.59 Å². The lowest BCUT2D eigenvalue weighted by molar-refractivity contribution is -0.111.